The Morgan fingerprint density at radius 3 is 2.36 bits per heavy atom. The monoisotopic (exact) mass is 524 g/mol. The second-order valence-electron chi connectivity index (χ2n) is 10.7. The molecule has 0 saturated carbocycles. The maximum atomic E-state index is 13.8. The van der Waals surface area contributed by atoms with Crippen molar-refractivity contribution >= 4 is 10.9 Å². The van der Waals surface area contributed by atoms with Gasteiger partial charge in [0, 0.05) is 24.2 Å². The maximum absolute atomic E-state index is 13.8. The van der Waals surface area contributed by atoms with Gasteiger partial charge in [0.15, 0.2) is 5.82 Å². The van der Waals surface area contributed by atoms with E-state index in [2.05, 4.69) is 58.3 Å². The highest BCUT2D eigenvalue weighted by atomic mass is 19.1. The van der Waals surface area contributed by atoms with Gasteiger partial charge < -0.3 is 4.98 Å². The Morgan fingerprint density at radius 2 is 1.67 bits per heavy atom. The molecule has 8 heteroatoms. The van der Waals surface area contributed by atoms with Crippen LogP contribution in [0, 0.1) is 12.7 Å². The van der Waals surface area contributed by atoms with Crippen molar-refractivity contribution in [2.24, 2.45) is 0 Å². The van der Waals surface area contributed by atoms with Crippen LogP contribution in [-0.4, -0.2) is 30.1 Å². The van der Waals surface area contributed by atoms with Crippen molar-refractivity contribution in [2.45, 2.75) is 58.8 Å². The number of halogens is 1. The standard InChI is InChI=1S/C31H33FN6O/c1-5-31(3,4)38-29(34-35-36-38)28(26-18-24-14-11-21(2)17-27(24)33-30(26)39)37(19-22-9-7-6-8-10-22)20-23-12-15-25(32)16-13-23/h6-18,28H,5,19-20H2,1-4H3,(H,33,39). The first-order chi connectivity index (χ1) is 18.7. The van der Waals surface area contributed by atoms with Crippen LogP contribution >= 0.6 is 0 Å². The predicted molar refractivity (Wildman–Crippen MR) is 151 cm³/mol. The number of aromatic amines is 1. The van der Waals surface area contributed by atoms with Gasteiger partial charge in [-0.2, -0.15) is 0 Å². The molecule has 2 heterocycles. The van der Waals surface area contributed by atoms with Crippen LogP contribution in [0.2, 0.25) is 0 Å². The Morgan fingerprint density at radius 1 is 0.974 bits per heavy atom. The summed E-state index contributed by atoms with van der Waals surface area (Å²) in [7, 11) is 0. The number of H-pyrrole nitrogens is 1. The molecule has 1 unspecified atom stereocenters. The Bertz CT molecular complexity index is 1630. The molecular formula is C31H33FN6O. The zero-order valence-corrected chi connectivity index (χ0v) is 22.7. The first-order valence-electron chi connectivity index (χ1n) is 13.2. The number of aryl methyl sites for hydroxylation is 1. The first kappa shape index (κ1) is 26.4. The molecule has 1 atom stereocenters. The summed E-state index contributed by atoms with van der Waals surface area (Å²) >= 11 is 0. The summed E-state index contributed by atoms with van der Waals surface area (Å²) in [6, 6.07) is 23.9. The lowest BCUT2D eigenvalue weighted by atomic mass is 9.98. The van der Waals surface area contributed by atoms with E-state index in [0.717, 1.165) is 34.0 Å². The lowest BCUT2D eigenvalue weighted by Crippen LogP contribution is -2.38. The average Bonchev–Trinajstić information content (AvgIpc) is 3.41. The molecule has 39 heavy (non-hydrogen) atoms. The minimum absolute atomic E-state index is 0.195. The van der Waals surface area contributed by atoms with E-state index in [1.165, 1.54) is 12.1 Å². The molecule has 5 rings (SSSR count). The molecular weight excluding hydrogens is 491 g/mol. The number of tetrazole rings is 1. The van der Waals surface area contributed by atoms with Crippen LogP contribution in [0.5, 0.6) is 0 Å². The van der Waals surface area contributed by atoms with Gasteiger partial charge in [-0.3, -0.25) is 9.69 Å². The molecule has 0 bridgehead atoms. The summed E-state index contributed by atoms with van der Waals surface area (Å²) in [5.74, 6) is 0.289. The summed E-state index contributed by atoms with van der Waals surface area (Å²) in [5, 5.41) is 13.9. The maximum Gasteiger partial charge on any atom is 0.253 e. The highest BCUT2D eigenvalue weighted by molar-refractivity contribution is 5.79. The van der Waals surface area contributed by atoms with Crippen LogP contribution in [-0.2, 0) is 18.6 Å². The number of pyridine rings is 1. The van der Waals surface area contributed by atoms with E-state index in [-0.39, 0.29) is 16.9 Å². The molecule has 0 fully saturated rings. The summed E-state index contributed by atoms with van der Waals surface area (Å²) in [6.45, 7) is 9.22. The van der Waals surface area contributed by atoms with Crippen molar-refractivity contribution in [1.82, 2.24) is 30.1 Å². The number of benzene rings is 3. The smallest absolute Gasteiger partial charge is 0.253 e. The number of hydrogen-bond donors (Lipinski definition) is 1. The molecule has 0 radical (unpaired) electrons. The van der Waals surface area contributed by atoms with Gasteiger partial charge in [-0.15, -0.1) is 5.10 Å². The van der Waals surface area contributed by atoms with E-state index in [1.54, 1.807) is 12.1 Å². The number of aromatic nitrogens is 5. The molecule has 5 aromatic rings. The van der Waals surface area contributed by atoms with Crippen molar-refractivity contribution in [1.29, 1.82) is 0 Å². The van der Waals surface area contributed by atoms with Gasteiger partial charge >= 0.3 is 0 Å². The highest BCUT2D eigenvalue weighted by Crippen LogP contribution is 2.33. The van der Waals surface area contributed by atoms with Gasteiger partial charge in [-0.1, -0.05) is 61.5 Å². The van der Waals surface area contributed by atoms with Crippen molar-refractivity contribution in [3.8, 4) is 0 Å². The quantitative estimate of drug-likeness (QED) is 0.260. The predicted octanol–water partition coefficient (Wildman–Crippen LogP) is 5.90. The molecule has 0 aliphatic carbocycles. The van der Waals surface area contributed by atoms with Crippen LogP contribution in [0.1, 0.15) is 61.3 Å². The number of rotatable bonds is 9. The molecule has 7 nitrogen and oxygen atoms in total. The molecule has 200 valence electrons. The summed E-state index contributed by atoms with van der Waals surface area (Å²) in [5.41, 5.74) is 3.81. The van der Waals surface area contributed by atoms with Crippen molar-refractivity contribution in [3.63, 3.8) is 0 Å². The fraction of sp³-hybridized carbons (Fsp3) is 0.290. The van der Waals surface area contributed by atoms with Crippen LogP contribution < -0.4 is 5.56 Å². The largest absolute Gasteiger partial charge is 0.322 e. The Balaban J connectivity index is 1.73. The second kappa shape index (κ2) is 10.9. The number of nitrogens with one attached hydrogen (secondary N) is 1. The zero-order valence-electron chi connectivity index (χ0n) is 22.7. The van der Waals surface area contributed by atoms with Crippen molar-refractivity contribution in [3.05, 3.63) is 123 Å². The van der Waals surface area contributed by atoms with Crippen molar-refractivity contribution < 1.29 is 4.39 Å². The van der Waals surface area contributed by atoms with E-state index in [1.807, 2.05) is 54.1 Å². The number of hydrogen-bond acceptors (Lipinski definition) is 5. The summed E-state index contributed by atoms with van der Waals surface area (Å²) < 4.78 is 15.6. The molecule has 0 aliphatic heterocycles. The minimum Gasteiger partial charge on any atom is -0.322 e. The molecule has 3 aromatic carbocycles. The molecule has 0 aliphatic rings. The summed E-state index contributed by atoms with van der Waals surface area (Å²) in [4.78, 5) is 19.0. The van der Waals surface area contributed by atoms with E-state index in [4.69, 9.17) is 0 Å². The third kappa shape index (κ3) is 5.66. The van der Waals surface area contributed by atoms with E-state index in [0.29, 0.717) is 24.5 Å². The van der Waals surface area contributed by atoms with Crippen LogP contribution in [0.4, 0.5) is 4.39 Å². The third-order valence-electron chi connectivity index (χ3n) is 7.39. The van der Waals surface area contributed by atoms with Gasteiger partial charge in [0.1, 0.15) is 11.9 Å². The van der Waals surface area contributed by atoms with Gasteiger partial charge in [0.05, 0.1) is 5.54 Å². The topological polar surface area (TPSA) is 79.7 Å². The second-order valence-corrected chi connectivity index (χ2v) is 10.7. The summed E-state index contributed by atoms with van der Waals surface area (Å²) in [6.07, 6.45) is 0.793. The lowest BCUT2D eigenvalue weighted by molar-refractivity contribution is 0.180. The lowest BCUT2D eigenvalue weighted by Gasteiger charge is -2.33. The molecule has 1 N–H and O–H groups in total. The Kier molecular flexibility index (Phi) is 7.39. The van der Waals surface area contributed by atoms with E-state index < -0.39 is 6.04 Å². The van der Waals surface area contributed by atoms with Gasteiger partial charge in [-0.05, 0) is 84.0 Å². The Labute approximate surface area is 227 Å². The SMILES string of the molecule is CCC(C)(C)n1nnnc1C(c1cc2ccc(C)cc2[nH]c1=O)N(Cc1ccccc1)Cc1ccc(F)cc1. The third-order valence-corrected chi connectivity index (χ3v) is 7.39. The van der Waals surface area contributed by atoms with Gasteiger partial charge in [0.2, 0.25) is 0 Å². The fourth-order valence-corrected chi connectivity index (χ4v) is 4.86. The fourth-order valence-electron chi connectivity index (χ4n) is 4.86. The zero-order chi connectivity index (χ0) is 27.6. The highest BCUT2D eigenvalue weighted by Gasteiger charge is 2.34. The van der Waals surface area contributed by atoms with Crippen LogP contribution in [0.3, 0.4) is 0 Å². The van der Waals surface area contributed by atoms with Crippen molar-refractivity contribution in [2.75, 3.05) is 0 Å². The number of nitrogens with zero attached hydrogens (tertiary/aromatic N) is 5. The molecule has 2 aromatic heterocycles. The van der Waals surface area contributed by atoms with Crippen LogP contribution in [0.15, 0.2) is 83.7 Å². The minimum atomic E-state index is -0.578. The molecule has 0 spiro atoms. The van der Waals surface area contributed by atoms with Crippen LogP contribution in [0.25, 0.3) is 10.9 Å². The van der Waals surface area contributed by atoms with E-state index in [9.17, 15) is 9.18 Å². The van der Waals surface area contributed by atoms with Gasteiger partial charge in [0.25, 0.3) is 5.56 Å². The van der Waals surface area contributed by atoms with E-state index >= 15 is 0 Å². The molecule has 0 saturated heterocycles. The number of fused-ring (bicyclic) bond motifs is 1. The van der Waals surface area contributed by atoms with Gasteiger partial charge in [-0.25, -0.2) is 9.07 Å². The molecule has 0 amide bonds. The normalized spacial score (nSPS) is 12.8. The average molecular weight is 525 g/mol. The first-order valence-corrected chi connectivity index (χ1v) is 13.2. The Hall–Kier alpha value is -4.17.